The van der Waals surface area contributed by atoms with Crippen LogP contribution < -0.4 is 5.32 Å². The second kappa shape index (κ2) is 8.37. The Balaban J connectivity index is 2.06. The molecule has 0 spiro atoms. The summed E-state index contributed by atoms with van der Waals surface area (Å²) in [5, 5.41) is 2.38. The van der Waals surface area contributed by atoms with E-state index in [1.54, 1.807) is 24.1 Å². The van der Waals surface area contributed by atoms with E-state index < -0.39 is 17.5 Å². The summed E-state index contributed by atoms with van der Waals surface area (Å²) >= 11 is 0. The zero-order valence-electron chi connectivity index (χ0n) is 14.2. The molecule has 132 valence electrons. The monoisotopic (exact) mass is 346 g/mol. The summed E-state index contributed by atoms with van der Waals surface area (Å²) in [5.74, 6) is -2.22. The Hall–Kier alpha value is -2.76. The highest BCUT2D eigenvalue weighted by Crippen LogP contribution is 2.16. The minimum atomic E-state index is -0.849. The van der Waals surface area contributed by atoms with Gasteiger partial charge in [-0.05, 0) is 42.8 Å². The van der Waals surface area contributed by atoms with Crippen molar-refractivity contribution in [3.63, 3.8) is 0 Å². The smallest absolute Gasteiger partial charge is 0.255 e. The van der Waals surface area contributed by atoms with Gasteiger partial charge >= 0.3 is 0 Å². The van der Waals surface area contributed by atoms with Gasteiger partial charge in [-0.15, -0.1) is 0 Å². The zero-order valence-corrected chi connectivity index (χ0v) is 14.2. The highest BCUT2D eigenvalue weighted by Gasteiger charge is 2.13. The Morgan fingerprint density at radius 1 is 1.04 bits per heavy atom. The molecule has 2 aromatic carbocycles. The Morgan fingerprint density at radius 3 is 2.28 bits per heavy atom. The summed E-state index contributed by atoms with van der Waals surface area (Å²) in [5.41, 5.74) is 0.644. The number of halogens is 2. The van der Waals surface area contributed by atoms with Crippen LogP contribution in [0.4, 0.5) is 14.5 Å². The van der Waals surface area contributed by atoms with E-state index in [-0.39, 0.29) is 17.2 Å². The van der Waals surface area contributed by atoms with Crippen LogP contribution >= 0.6 is 0 Å². The van der Waals surface area contributed by atoms with Crippen LogP contribution in [-0.2, 0) is 0 Å². The Bertz CT molecular complexity index is 761. The largest absolute Gasteiger partial charge is 0.342 e. The molecule has 0 fully saturated rings. The van der Waals surface area contributed by atoms with Gasteiger partial charge in [0.1, 0.15) is 11.6 Å². The Morgan fingerprint density at radius 2 is 1.68 bits per heavy atom. The predicted octanol–water partition coefficient (Wildman–Crippen LogP) is 4.09. The van der Waals surface area contributed by atoms with Crippen LogP contribution in [0, 0.1) is 11.6 Å². The molecule has 25 heavy (non-hydrogen) atoms. The van der Waals surface area contributed by atoms with Gasteiger partial charge in [0.2, 0.25) is 0 Å². The molecule has 0 atom stereocenters. The molecular weight excluding hydrogens is 326 g/mol. The van der Waals surface area contributed by atoms with Crippen molar-refractivity contribution in [3.05, 3.63) is 65.2 Å². The number of benzene rings is 2. The van der Waals surface area contributed by atoms with Gasteiger partial charge in [-0.1, -0.05) is 13.3 Å². The number of rotatable bonds is 6. The van der Waals surface area contributed by atoms with E-state index in [1.165, 1.54) is 12.1 Å². The SMILES string of the molecule is CCCCN(C)C(=O)c1ccc(C(=O)Nc2ccc(F)cc2F)cc1. The third-order valence-corrected chi connectivity index (χ3v) is 3.77. The summed E-state index contributed by atoms with van der Waals surface area (Å²) in [6.45, 7) is 2.72. The normalized spacial score (nSPS) is 10.4. The molecule has 2 aromatic rings. The topological polar surface area (TPSA) is 49.4 Å². The molecule has 2 amide bonds. The standard InChI is InChI=1S/C19H20F2N2O2/c1-3-4-11-23(2)19(25)14-7-5-13(6-8-14)18(24)22-17-10-9-15(20)12-16(17)21/h5-10,12H,3-4,11H2,1-2H3,(H,22,24). The second-order valence-corrected chi connectivity index (χ2v) is 5.74. The Kier molecular flexibility index (Phi) is 6.22. The molecule has 2 rings (SSSR count). The van der Waals surface area contributed by atoms with Gasteiger partial charge in [-0.25, -0.2) is 8.78 Å². The van der Waals surface area contributed by atoms with Crippen molar-refractivity contribution in [2.45, 2.75) is 19.8 Å². The van der Waals surface area contributed by atoms with Gasteiger partial charge in [0.25, 0.3) is 11.8 Å². The molecule has 0 saturated heterocycles. The molecule has 0 heterocycles. The number of carbonyl (C=O) groups excluding carboxylic acids is 2. The minimum absolute atomic E-state index is 0.106. The van der Waals surface area contributed by atoms with Gasteiger partial charge in [0, 0.05) is 30.8 Å². The number of hydrogen-bond donors (Lipinski definition) is 1. The van der Waals surface area contributed by atoms with Gasteiger partial charge in [-0.3, -0.25) is 9.59 Å². The fourth-order valence-corrected chi connectivity index (χ4v) is 2.27. The fraction of sp³-hybridized carbons (Fsp3) is 0.263. The van der Waals surface area contributed by atoms with Gasteiger partial charge in [0.15, 0.2) is 0 Å². The van der Waals surface area contributed by atoms with Crippen molar-refractivity contribution in [2.75, 3.05) is 18.9 Å². The number of amides is 2. The zero-order chi connectivity index (χ0) is 18.4. The van der Waals surface area contributed by atoms with Crippen molar-refractivity contribution in [3.8, 4) is 0 Å². The van der Waals surface area contributed by atoms with E-state index in [9.17, 15) is 18.4 Å². The van der Waals surface area contributed by atoms with Crippen LogP contribution in [-0.4, -0.2) is 30.3 Å². The highest BCUT2D eigenvalue weighted by atomic mass is 19.1. The van der Waals surface area contributed by atoms with Gasteiger partial charge in [-0.2, -0.15) is 0 Å². The van der Waals surface area contributed by atoms with E-state index in [0.717, 1.165) is 25.0 Å². The predicted molar refractivity (Wildman–Crippen MR) is 92.6 cm³/mol. The summed E-state index contributed by atoms with van der Waals surface area (Å²) in [6, 6.07) is 9.02. The first kappa shape index (κ1) is 18.6. The van der Waals surface area contributed by atoms with Crippen LogP contribution in [0.5, 0.6) is 0 Å². The molecule has 0 saturated carbocycles. The van der Waals surface area contributed by atoms with Crippen molar-refractivity contribution in [1.29, 1.82) is 0 Å². The number of anilines is 1. The lowest BCUT2D eigenvalue weighted by molar-refractivity contribution is 0.0792. The van der Waals surface area contributed by atoms with E-state index in [0.29, 0.717) is 18.2 Å². The lowest BCUT2D eigenvalue weighted by Crippen LogP contribution is -2.27. The minimum Gasteiger partial charge on any atom is -0.342 e. The molecule has 4 nitrogen and oxygen atoms in total. The van der Waals surface area contributed by atoms with Gasteiger partial charge < -0.3 is 10.2 Å². The maximum absolute atomic E-state index is 13.6. The Labute approximate surface area is 145 Å². The van der Waals surface area contributed by atoms with Gasteiger partial charge in [0.05, 0.1) is 5.69 Å². The number of hydrogen-bond acceptors (Lipinski definition) is 2. The third-order valence-electron chi connectivity index (χ3n) is 3.77. The molecular formula is C19H20F2N2O2. The van der Waals surface area contributed by atoms with Crippen LogP contribution in [0.25, 0.3) is 0 Å². The molecule has 0 aromatic heterocycles. The van der Waals surface area contributed by atoms with Crippen LogP contribution in [0.2, 0.25) is 0 Å². The molecule has 0 unspecified atom stereocenters. The maximum Gasteiger partial charge on any atom is 0.255 e. The maximum atomic E-state index is 13.6. The first-order chi connectivity index (χ1) is 11.9. The first-order valence-electron chi connectivity index (χ1n) is 8.04. The number of carbonyl (C=O) groups is 2. The summed E-state index contributed by atoms with van der Waals surface area (Å²) in [6.07, 6.45) is 1.92. The molecule has 1 N–H and O–H groups in total. The average molecular weight is 346 g/mol. The molecule has 0 bridgehead atoms. The first-order valence-corrected chi connectivity index (χ1v) is 8.04. The van der Waals surface area contributed by atoms with Crippen molar-refractivity contribution >= 4 is 17.5 Å². The average Bonchev–Trinajstić information content (AvgIpc) is 2.61. The summed E-state index contributed by atoms with van der Waals surface area (Å²) in [7, 11) is 1.73. The lowest BCUT2D eigenvalue weighted by Gasteiger charge is -2.16. The van der Waals surface area contributed by atoms with Crippen LogP contribution in [0.1, 0.15) is 40.5 Å². The van der Waals surface area contributed by atoms with Crippen molar-refractivity contribution in [1.82, 2.24) is 4.90 Å². The summed E-state index contributed by atoms with van der Waals surface area (Å²) < 4.78 is 26.5. The van der Waals surface area contributed by atoms with Crippen LogP contribution in [0.3, 0.4) is 0 Å². The van der Waals surface area contributed by atoms with E-state index in [2.05, 4.69) is 12.2 Å². The van der Waals surface area contributed by atoms with E-state index in [1.807, 2.05) is 0 Å². The molecule has 0 aliphatic rings. The number of nitrogens with zero attached hydrogens (tertiary/aromatic N) is 1. The highest BCUT2D eigenvalue weighted by molar-refractivity contribution is 6.05. The molecule has 6 heteroatoms. The lowest BCUT2D eigenvalue weighted by atomic mass is 10.1. The van der Waals surface area contributed by atoms with Crippen molar-refractivity contribution < 1.29 is 18.4 Å². The van der Waals surface area contributed by atoms with Crippen molar-refractivity contribution in [2.24, 2.45) is 0 Å². The van der Waals surface area contributed by atoms with E-state index in [4.69, 9.17) is 0 Å². The van der Waals surface area contributed by atoms with Crippen LogP contribution in [0.15, 0.2) is 42.5 Å². The molecule has 0 radical (unpaired) electrons. The molecule has 0 aliphatic carbocycles. The van der Waals surface area contributed by atoms with E-state index >= 15 is 0 Å². The number of nitrogens with one attached hydrogen (secondary N) is 1. The second-order valence-electron chi connectivity index (χ2n) is 5.74. The number of unbranched alkanes of at least 4 members (excludes halogenated alkanes) is 1. The fourth-order valence-electron chi connectivity index (χ4n) is 2.27. The third kappa shape index (κ3) is 4.86. The molecule has 0 aliphatic heterocycles. The quantitative estimate of drug-likeness (QED) is 0.856. The summed E-state index contributed by atoms with van der Waals surface area (Å²) in [4.78, 5) is 26.0.